The van der Waals surface area contributed by atoms with E-state index in [1.807, 2.05) is 12.1 Å². The summed E-state index contributed by atoms with van der Waals surface area (Å²) in [6.07, 6.45) is 5.31. The normalized spacial score (nSPS) is 13.2. The zero-order chi connectivity index (χ0) is 19.4. The van der Waals surface area contributed by atoms with Gasteiger partial charge >= 0.3 is 5.97 Å². The lowest BCUT2D eigenvalue weighted by molar-refractivity contribution is -0.132. The second-order valence-corrected chi connectivity index (χ2v) is 8.90. The van der Waals surface area contributed by atoms with E-state index in [1.165, 1.54) is 0 Å². The Balaban J connectivity index is 3.48. The maximum Gasteiger partial charge on any atom is 0.331 e. The molecule has 3 nitrogen and oxygen atoms in total. The molecule has 0 amide bonds. The van der Waals surface area contributed by atoms with Crippen molar-refractivity contribution in [3.63, 3.8) is 0 Å². The van der Waals surface area contributed by atoms with Crippen molar-refractivity contribution in [1.29, 1.82) is 0 Å². The highest BCUT2D eigenvalue weighted by atomic mass is 16.4. The molecule has 2 N–H and O–H groups in total. The molecule has 25 heavy (non-hydrogen) atoms. The van der Waals surface area contributed by atoms with E-state index in [0.717, 1.165) is 36.0 Å². The fourth-order valence-electron chi connectivity index (χ4n) is 2.89. The summed E-state index contributed by atoms with van der Waals surface area (Å²) in [6.45, 7) is 14.4. The van der Waals surface area contributed by atoms with Crippen LogP contribution in [-0.2, 0) is 15.6 Å². The summed E-state index contributed by atoms with van der Waals surface area (Å²) in [5.74, 6) is -0.543. The average Bonchev–Trinajstić information content (AvgIpc) is 2.45. The topological polar surface area (TPSA) is 57.5 Å². The number of carboxylic acid groups (broad SMARTS) is 1. The standard InChI is InChI=1S/C22H34O3/c1-8-9-10-11-16(20(24)25)12-15-13-17(21(2,3)4)19(23)18(14-15)22(5,6)7/h12-14,23H,8-11H2,1-7H3,(H,24,25). The Morgan fingerprint density at radius 3 is 1.84 bits per heavy atom. The molecule has 0 aliphatic heterocycles. The molecule has 0 fully saturated rings. The first-order chi connectivity index (χ1) is 11.4. The summed E-state index contributed by atoms with van der Waals surface area (Å²) in [6, 6.07) is 3.85. The minimum absolute atomic E-state index is 0.223. The third kappa shape index (κ3) is 5.91. The predicted octanol–water partition coefficient (Wildman–Crippen LogP) is 6.04. The molecule has 0 saturated carbocycles. The average molecular weight is 347 g/mol. The van der Waals surface area contributed by atoms with Crippen molar-refractivity contribution in [2.75, 3.05) is 0 Å². The van der Waals surface area contributed by atoms with Crippen LogP contribution in [-0.4, -0.2) is 16.2 Å². The van der Waals surface area contributed by atoms with Gasteiger partial charge in [-0.2, -0.15) is 0 Å². The Morgan fingerprint density at radius 2 is 1.48 bits per heavy atom. The molecule has 0 saturated heterocycles. The van der Waals surface area contributed by atoms with Gasteiger partial charge in [0.15, 0.2) is 0 Å². The van der Waals surface area contributed by atoms with Gasteiger partial charge in [0.1, 0.15) is 5.75 Å². The van der Waals surface area contributed by atoms with Crippen molar-refractivity contribution < 1.29 is 15.0 Å². The Kier molecular flexibility index (Phi) is 6.87. The van der Waals surface area contributed by atoms with Crippen molar-refractivity contribution in [3.8, 4) is 5.75 Å². The lowest BCUT2D eigenvalue weighted by Gasteiger charge is -2.28. The van der Waals surface area contributed by atoms with E-state index in [4.69, 9.17) is 0 Å². The van der Waals surface area contributed by atoms with Crippen molar-refractivity contribution >= 4 is 12.0 Å². The molecule has 0 aliphatic rings. The second-order valence-electron chi connectivity index (χ2n) is 8.90. The number of aliphatic carboxylic acids is 1. The fourth-order valence-corrected chi connectivity index (χ4v) is 2.89. The van der Waals surface area contributed by atoms with Gasteiger partial charge in [-0.05, 0) is 47.4 Å². The zero-order valence-corrected chi connectivity index (χ0v) is 16.9. The van der Waals surface area contributed by atoms with Crippen LogP contribution in [0.3, 0.4) is 0 Å². The molecular formula is C22H34O3. The predicted molar refractivity (Wildman–Crippen MR) is 105 cm³/mol. The highest BCUT2D eigenvalue weighted by Gasteiger charge is 2.26. The van der Waals surface area contributed by atoms with Crippen molar-refractivity contribution in [3.05, 3.63) is 34.4 Å². The van der Waals surface area contributed by atoms with E-state index in [9.17, 15) is 15.0 Å². The first kappa shape index (κ1) is 21.3. The van der Waals surface area contributed by atoms with Gasteiger partial charge in [0, 0.05) is 16.7 Å². The van der Waals surface area contributed by atoms with Crippen molar-refractivity contribution in [1.82, 2.24) is 0 Å². The van der Waals surface area contributed by atoms with Crippen LogP contribution in [0.15, 0.2) is 17.7 Å². The Bertz CT molecular complexity index is 605. The van der Waals surface area contributed by atoms with Crippen LogP contribution in [0.1, 0.15) is 90.8 Å². The van der Waals surface area contributed by atoms with Crippen LogP contribution in [0.2, 0.25) is 0 Å². The zero-order valence-electron chi connectivity index (χ0n) is 16.9. The third-order valence-electron chi connectivity index (χ3n) is 4.41. The first-order valence-electron chi connectivity index (χ1n) is 9.19. The number of benzene rings is 1. The lowest BCUT2D eigenvalue weighted by atomic mass is 9.78. The molecule has 0 unspecified atom stereocenters. The monoisotopic (exact) mass is 346 g/mol. The quantitative estimate of drug-likeness (QED) is 0.488. The van der Waals surface area contributed by atoms with Gasteiger partial charge in [-0.1, -0.05) is 61.3 Å². The summed E-state index contributed by atoms with van der Waals surface area (Å²) in [7, 11) is 0. The summed E-state index contributed by atoms with van der Waals surface area (Å²) in [5.41, 5.74) is 2.54. The minimum Gasteiger partial charge on any atom is -0.507 e. The first-order valence-corrected chi connectivity index (χ1v) is 9.19. The number of rotatable bonds is 6. The van der Waals surface area contributed by atoms with E-state index in [1.54, 1.807) is 6.08 Å². The molecule has 0 heterocycles. The summed E-state index contributed by atoms with van der Waals surface area (Å²) in [4.78, 5) is 11.6. The number of phenolic OH excluding ortho intramolecular Hbond substituents is 1. The number of hydrogen-bond acceptors (Lipinski definition) is 2. The smallest absolute Gasteiger partial charge is 0.331 e. The van der Waals surface area contributed by atoms with Gasteiger partial charge in [-0.3, -0.25) is 0 Å². The number of hydrogen-bond donors (Lipinski definition) is 2. The summed E-state index contributed by atoms with van der Waals surface area (Å²) >= 11 is 0. The van der Waals surface area contributed by atoms with E-state index in [-0.39, 0.29) is 10.8 Å². The third-order valence-corrected chi connectivity index (χ3v) is 4.41. The van der Waals surface area contributed by atoms with Crippen molar-refractivity contribution in [2.24, 2.45) is 0 Å². The van der Waals surface area contributed by atoms with Crippen molar-refractivity contribution in [2.45, 2.75) is 85.0 Å². The molecule has 0 radical (unpaired) electrons. The number of aromatic hydroxyl groups is 1. The Labute approximate surface area is 152 Å². The maximum absolute atomic E-state index is 11.6. The summed E-state index contributed by atoms with van der Waals surface area (Å²) in [5, 5.41) is 20.3. The molecule has 0 atom stereocenters. The molecule has 0 aliphatic carbocycles. The highest BCUT2D eigenvalue weighted by Crippen LogP contribution is 2.40. The largest absolute Gasteiger partial charge is 0.507 e. The number of carbonyl (C=O) groups is 1. The van der Waals surface area contributed by atoms with Crippen LogP contribution in [0.25, 0.3) is 6.08 Å². The van der Waals surface area contributed by atoms with Crippen LogP contribution in [0.5, 0.6) is 5.75 Å². The van der Waals surface area contributed by atoms with Gasteiger partial charge in [0.25, 0.3) is 0 Å². The van der Waals surface area contributed by atoms with E-state index in [2.05, 4.69) is 48.5 Å². The van der Waals surface area contributed by atoms with E-state index in [0.29, 0.717) is 17.7 Å². The summed E-state index contributed by atoms with van der Waals surface area (Å²) < 4.78 is 0. The maximum atomic E-state index is 11.6. The number of unbranched alkanes of at least 4 members (excludes halogenated alkanes) is 2. The minimum atomic E-state index is -0.862. The van der Waals surface area contributed by atoms with Gasteiger partial charge in [0.05, 0.1) is 0 Å². The molecule has 3 heteroatoms. The van der Waals surface area contributed by atoms with Gasteiger partial charge < -0.3 is 10.2 Å². The second kappa shape index (κ2) is 8.07. The SMILES string of the molecule is CCCCCC(=Cc1cc(C(C)(C)C)c(O)c(C(C)(C)C)c1)C(=O)O. The lowest BCUT2D eigenvalue weighted by Crippen LogP contribution is -2.17. The molecule has 140 valence electrons. The number of phenols is 1. The Hall–Kier alpha value is -1.77. The molecule has 1 rings (SSSR count). The van der Waals surface area contributed by atoms with Gasteiger partial charge in [-0.15, -0.1) is 0 Å². The van der Waals surface area contributed by atoms with Crippen LogP contribution >= 0.6 is 0 Å². The molecule has 1 aromatic carbocycles. The van der Waals surface area contributed by atoms with Crippen LogP contribution in [0, 0.1) is 0 Å². The van der Waals surface area contributed by atoms with Crippen LogP contribution < -0.4 is 0 Å². The van der Waals surface area contributed by atoms with E-state index < -0.39 is 5.97 Å². The van der Waals surface area contributed by atoms with Gasteiger partial charge in [0.2, 0.25) is 0 Å². The van der Waals surface area contributed by atoms with Gasteiger partial charge in [-0.25, -0.2) is 4.79 Å². The highest BCUT2D eigenvalue weighted by molar-refractivity contribution is 5.92. The molecular weight excluding hydrogens is 312 g/mol. The Morgan fingerprint density at radius 1 is 1.00 bits per heavy atom. The van der Waals surface area contributed by atoms with Crippen LogP contribution in [0.4, 0.5) is 0 Å². The fraction of sp³-hybridized carbons (Fsp3) is 0.591. The molecule has 0 aromatic heterocycles. The molecule has 1 aromatic rings. The van der Waals surface area contributed by atoms with E-state index >= 15 is 0 Å². The number of carboxylic acids is 1. The molecule has 0 spiro atoms. The molecule has 0 bridgehead atoms.